The summed E-state index contributed by atoms with van der Waals surface area (Å²) in [5.74, 6) is 0.134. The molecule has 0 aliphatic heterocycles. The summed E-state index contributed by atoms with van der Waals surface area (Å²) < 4.78 is 5.45. The van der Waals surface area contributed by atoms with Gasteiger partial charge in [0.25, 0.3) is 0 Å². The minimum Gasteiger partial charge on any atom is -0.458 e. The molecule has 0 spiro atoms. The highest BCUT2D eigenvalue weighted by atomic mass is 16.5. The van der Waals surface area contributed by atoms with E-state index in [1.807, 2.05) is 37.3 Å². The molecule has 0 amide bonds. The lowest BCUT2D eigenvalue weighted by atomic mass is 10.1. The number of ketones is 1. The predicted octanol–water partition coefficient (Wildman–Crippen LogP) is 2.52. The smallest absolute Gasteiger partial charge is 0.310 e. The molecule has 3 rings (SSSR count). The van der Waals surface area contributed by atoms with Crippen LogP contribution in [0.1, 0.15) is 31.4 Å². The molecule has 0 radical (unpaired) electrons. The molecule has 3 unspecified atom stereocenters. The van der Waals surface area contributed by atoms with Crippen LogP contribution in [-0.4, -0.2) is 11.8 Å². The van der Waals surface area contributed by atoms with Crippen LogP contribution < -0.4 is 0 Å². The van der Waals surface area contributed by atoms with Gasteiger partial charge in [0.05, 0.1) is 5.92 Å². The van der Waals surface area contributed by atoms with Crippen LogP contribution in [0.25, 0.3) is 0 Å². The van der Waals surface area contributed by atoms with Crippen molar-refractivity contribution < 1.29 is 14.3 Å². The first-order valence-corrected chi connectivity index (χ1v) is 6.46. The van der Waals surface area contributed by atoms with Crippen LogP contribution in [-0.2, 0) is 14.3 Å². The lowest BCUT2D eigenvalue weighted by molar-refractivity contribution is -0.151. The number of benzene rings is 1. The van der Waals surface area contributed by atoms with E-state index in [2.05, 4.69) is 0 Å². The van der Waals surface area contributed by atoms with Crippen molar-refractivity contribution in [1.82, 2.24) is 0 Å². The SMILES string of the molecule is C[C@@H](OC(=O)C1C2CCC(=O)C21)c1ccccc1. The predicted molar refractivity (Wildman–Crippen MR) is 65.7 cm³/mol. The Hall–Kier alpha value is -1.64. The molecular weight excluding hydrogens is 228 g/mol. The van der Waals surface area contributed by atoms with Crippen molar-refractivity contribution >= 4 is 11.8 Å². The molecule has 0 bridgehead atoms. The summed E-state index contributed by atoms with van der Waals surface area (Å²) in [5.41, 5.74) is 0.989. The summed E-state index contributed by atoms with van der Waals surface area (Å²) in [5, 5.41) is 0. The maximum Gasteiger partial charge on any atom is 0.310 e. The van der Waals surface area contributed by atoms with E-state index in [1.165, 1.54) is 0 Å². The Morgan fingerprint density at radius 2 is 2.06 bits per heavy atom. The van der Waals surface area contributed by atoms with Gasteiger partial charge in [-0.1, -0.05) is 30.3 Å². The van der Waals surface area contributed by atoms with E-state index in [4.69, 9.17) is 4.74 Å². The first-order valence-electron chi connectivity index (χ1n) is 6.46. The lowest BCUT2D eigenvalue weighted by Crippen LogP contribution is -2.15. The van der Waals surface area contributed by atoms with E-state index in [0.29, 0.717) is 6.42 Å². The van der Waals surface area contributed by atoms with Crippen LogP contribution in [0.15, 0.2) is 30.3 Å². The van der Waals surface area contributed by atoms with Gasteiger partial charge in [0, 0.05) is 12.3 Å². The minimum atomic E-state index is -0.241. The van der Waals surface area contributed by atoms with Crippen LogP contribution in [0.4, 0.5) is 0 Å². The van der Waals surface area contributed by atoms with E-state index in [0.717, 1.165) is 12.0 Å². The Bertz CT molecular complexity index is 480. The number of rotatable bonds is 3. The van der Waals surface area contributed by atoms with Gasteiger partial charge in [-0.3, -0.25) is 9.59 Å². The van der Waals surface area contributed by atoms with Crippen LogP contribution >= 0.6 is 0 Å². The van der Waals surface area contributed by atoms with Gasteiger partial charge in [-0.15, -0.1) is 0 Å². The molecule has 2 fully saturated rings. The standard InChI is InChI=1S/C15H16O3/c1-9(10-5-3-2-4-6-10)18-15(17)14-11-7-8-12(16)13(11)14/h2-6,9,11,13-14H,7-8H2,1H3/t9-,11?,13?,14?/m1/s1. The Morgan fingerprint density at radius 1 is 1.33 bits per heavy atom. The summed E-state index contributed by atoms with van der Waals surface area (Å²) in [6.07, 6.45) is 1.27. The van der Waals surface area contributed by atoms with E-state index in [-0.39, 0.29) is 35.6 Å². The molecule has 0 saturated heterocycles. The van der Waals surface area contributed by atoms with E-state index >= 15 is 0 Å². The fourth-order valence-electron chi connectivity index (χ4n) is 3.01. The Balaban J connectivity index is 1.61. The van der Waals surface area contributed by atoms with Gasteiger partial charge in [0.2, 0.25) is 0 Å². The number of hydrogen-bond acceptors (Lipinski definition) is 3. The van der Waals surface area contributed by atoms with E-state index in [1.54, 1.807) is 0 Å². The molecule has 0 aromatic heterocycles. The third kappa shape index (κ3) is 1.84. The number of esters is 1. The molecule has 0 N–H and O–H groups in total. The van der Waals surface area contributed by atoms with Gasteiger partial charge in [-0.2, -0.15) is 0 Å². The monoisotopic (exact) mass is 244 g/mol. The normalized spacial score (nSPS) is 30.7. The second-order valence-electron chi connectivity index (χ2n) is 5.21. The highest BCUT2D eigenvalue weighted by Crippen LogP contribution is 2.56. The van der Waals surface area contributed by atoms with Crippen molar-refractivity contribution in [2.24, 2.45) is 17.8 Å². The maximum absolute atomic E-state index is 12.0. The Labute approximate surface area is 106 Å². The number of ether oxygens (including phenoxy) is 1. The quantitative estimate of drug-likeness (QED) is 0.767. The van der Waals surface area contributed by atoms with Crippen molar-refractivity contribution in [3.8, 4) is 0 Å². The highest BCUT2D eigenvalue weighted by molar-refractivity contribution is 5.94. The molecule has 4 atom stereocenters. The second kappa shape index (κ2) is 4.23. The largest absolute Gasteiger partial charge is 0.458 e. The molecule has 94 valence electrons. The maximum atomic E-state index is 12.0. The summed E-state index contributed by atoms with van der Waals surface area (Å²) >= 11 is 0. The van der Waals surface area contributed by atoms with Gasteiger partial charge in [-0.05, 0) is 24.8 Å². The van der Waals surface area contributed by atoms with Crippen molar-refractivity contribution in [3.63, 3.8) is 0 Å². The van der Waals surface area contributed by atoms with Crippen LogP contribution in [0, 0.1) is 17.8 Å². The molecule has 3 heteroatoms. The number of carbonyl (C=O) groups excluding carboxylic acids is 2. The average molecular weight is 244 g/mol. The molecule has 18 heavy (non-hydrogen) atoms. The number of hydrogen-bond donors (Lipinski definition) is 0. The molecule has 2 saturated carbocycles. The fraction of sp³-hybridized carbons (Fsp3) is 0.467. The molecule has 1 aromatic rings. The molecule has 2 aliphatic rings. The molecule has 0 heterocycles. The third-order valence-corrected chi connectivity index (χ3v) is 4.10. The number of carbonyl (C=O) groups is 2. The van der Waals surface area contributed by atoms with Crippen molar-refractivity contribution in [1.29, 1.82) is 0 Å². The van der Waals surface area contributed by atoms with Crippen LogP contribution in [0.2, 0.25) is 0 Å². The van der Waals surface area contributed by atoms with E-state index < -0.39 is 0 Å². The molecular formula is C15H16O3. The molecule has 2 aliphatic carbocycles. The van der Waals surface area contributed by atoms with Gasteiger partial charge in [0.1, 0.15) is 11.9 Å². The summed E-state index contributed by atoms with van der Waals surface area (Å²) in [7, 11) is 0. The summed E-state index contributed by atoms with van der Waals surface area (Å²) in [6.45, 7) is 1.87. The fourth-order valence-corrected chi connectivity index (χ4v) is 3.01. The van der Waals surface area contributed by atoms with Crippen LogP contribution in [0.3, 0.4) is 0 Å². The Morgan fingerprint density at radius 3 is 2.67 bits per heavy atom. The molecule has 3 nitrogen and oxygen atoms in total. The number of fused-ring (bicyclic) bond motifs is 1. The van der Waals surface area contributed by atoms with Gasteiger partial charge in [0.15, 0.2) is 0 Å². The van der Waals surface area contributed by atoms with Crippen molar-refractivity contribution in [2.75, 3.05) is 0 Å². The summed E-state index contributed by atoms with van der Waals surface area (Å²) in [6, 6.07) is 9.67. The van der Waals surface area contributed by atoms with Gasteiger partial charge < -0.3 is 4.74 Å². The first kappa shape index (κ1) is 11.5. The van der Waals surface area contributed by atoms with Gasteiger partial charge in [-0.25, -0.2) is 0 Å². The topological polar surface area (TPSA) is 43.4 Å². The zero-order valence-electron chi connectivity index (χ0n) is 10.3. The minimum absolute atomic E-state index is 0.0273. The van der Waals surface area contributed by atoms with Crippen LogP contribution in [0.5, 0.6) is 0 Å². The number of Topliss-reactive ketones (excluding diaryl/α,β-unsaturated/α-hetero) is 1. The zero-order chi connectivity index (χ0) is 12.7. The van der Waals surface area contributed by atoms with Crippen molar-refractivity contribution in [2.45, 2.75) is 25.9 Å². The third-order valence-electron chi connectivity index (χ3n) is 4.10. The highest BCUT2D eigenvalue weighted by Gasteiger charge is 2.62. The Kier molecular flexibility index (Phi) is 2.69. The first-order chi connectivity index (χ1) is 8.68. The summed E-state index contributed by atoms with van der Waals surface area (Å²) in [4.78, 5) is 23.5. The lowest BCUT2D eigenvalue weighted by Gasteiger charge is -2.14. The molecule has 1 aromatic carbocycles. The zero-order valence-corrected chi connectivity index (χ0v) is 10.3. The van der Waals surface area contributed by atoms with Crippen molar-refractivity contribution in [3.05, 3.63) is 35.9 Å². The van der Waals surface area contributed by atoms with Gasteiger partial charge >= 0.3 is 5.97 Å². The van der Waals surface area contributed by atoms with E-state index in [9.17, 15) is 9.59 Å². The second-order valence-corrected chi connectivity index (χ2v) is 5.21. The average Bonchev–Trinajstić information content (AvgIpc) is 3.01.